The van der Waals surface area contributed by atoms with E-state index in [0.717, 1.165) is 34.8 Å². The molecule has 24 heavy (non-hydrogen) atoms. The minimum Gasteiger partial charge on any atom is -0.497 e. The first kappa shape index (κ1) is 16.2. The van der Waals surface area contributed by atoms with Gasteiger partial charge in [-0.1, -0.05) is 0 Å². The Morgan fingerprint density at radius 3 is 2.83 bits per heavy atom. The molecule has 0 spiro atoms. The molecule has 0 aromatic heterocycles. The molecule has 3 rings (SSSR count). The van der Waals surface area contributed by atoms with Crippen molar-refractivity contribution in [3.63, 3.8) is 0 Å². The van der Waals surface area contributed by atoms with Crippen molar-refractivity contribution in [2.75, 3.05) is 27.4 Å². The summed E-state index contributed by atoms with van der Waals surface area (Å²) in [4.78, 5) is 12.3. The number of hydrogen-bond donors (Lipinski definition) is 1. The number of hydrogen-bond acceptors (Lipinski definition) is 4. The van der Waals surface area contributed by atoms with E-state index in [1.807, 2.05) is 30.3 Å². The van der Waals surface area contributed by atoms with Gasteiger partial charge in [-0.15, -0.1) is 0 Å². The molecule has 0 radical (unpaired) electrons. The van der Waals surface area contributed by atoms with Crippen LogP contribution in [-0.4, -0.2) is 33.3 Å². The molecule has 1 aliphatic rings. The third-order valence-corrected chi connectivity index (χ3v) is 4.12. The maximum Gasteiger partial charge on any atom is 0.251 e. The van der Waals surface area contributed by atoms with Crippen molar-refractivity contribution in [2.24, 2.45) is 0 Å². The van der Waals surface area contributed by atoms with Crippen LogP contribution in [0.15, 0.2) is 36.4 Å². The number of benzene rings is 2. The van der Waals surface area contributed by atoms with E-state index in [9.17, 15) is 4.79 Å². The van der Waals surface area contributed by atoms with Gasteiger partial charge >= 0.3 is 0 Å². The second-order valence-corrected chi connectivity index (χ2v) is 5.60. The predicted octanol–water partition coefficient (Wildman–Crippen LogP) is 2.61. The highest BCUT2D eigenvalue weighted by molar-refractivity contribution is 5.94. The molecule has 1 heterocycles. The number of nitrogens with one attached hydrogen (secondary N) is 1. The first-order chi connectivity index (χ1) is 11.7. The Bertz CT molecular complexity index is 742. The van der Waals surface area contributed by atoms with Crippen LogP contribution < -0.4 is 19.5 Å². The van der Waals surface area contributed by atoms with E-state index in [4.69, 9.17) is 14.2 Å². The van der Waals surface area contributed by atoms with Gasteiger partial charge in [0.1, 0.15) is 17.2 Å². The lowest BCUT2D eigenvalue weighted by atomic mass is 10.1. The molecular formula is C19H21NO4. The number of fused-ring (bicyclic) bond motifs is 1. The molecule has 1 N–H and O–H groups in total. The van der Waals surface area contributed by atoms with E-state index < -0.39 is 0 Å². The molecule has 2 aromatic rings. The lowest BCUT2D eigenvalue weighted by molar-refractivity contribution is 0.0954. The molecule has 1 aliphatic heterocycles. The summed E-state index contributed by atoms with van der Waals surface area (Å²) < 4.78 is 16.1. The Morgan fingerprint density at radius 2 is 2.04 bits per heavy atom. The minimum atomic E-state index is -0.0773. The van der Waals surface area contributed by atoms with Crippen molar-refractivity contribution in [1.82, 2.24) is 5.32 Å². The SMILES string of the molecule is COc1ccc(OC)c(CCNC(=O)c2ccc3c(c2)CCO3)c1. The van der Waals surface area contributed by atoms with Crippen LogP contribution in [0.3, 0.4) is 0 Å². The third-order valence-electron chi connectivity index (χ3n) is 4.12. The number of carbonyl (C=O) groups is 1. The van der Waals surface area contributed by atoms with E-state index in [-0.39, 0.29) is 5.91 Å². The first-order valence-corrected chi connectivity index (χ1v) is 7.96. The van der Waals surface area contributed by atoms with Crippen LogP contribution in [0.5, 0.6) is 17.2 Å². The minimum absolute atomic E-state index is 0.0773. The van der Waals surface area contributed by atoms with Crippen LogP contribution in [0.4, 0.5) is 0 Å². The van der Waals surface area contributed by atoms with E-state index in [1.165, 1.54) is 0 Å². The van der Waals surface area contributed by atoms with Gasteiger partial charge in [-0.2, -0.15) is 0 Å². The second kappa shape index (κ2) is 7.25. The highest BCUT2D eigenvalue weighted by atomic mass is 16.5. The monoisotopic (exact) mass is 327 g/mol. The molecule has 0 saturated heterocycles. The third kappa shape index (κ3) is 3.45. The zero-order valence-electron chi connectivity index (χ0n) is 13.9. The van der Waals surface area contributed by atoms with Crippen molar-refractivity contribution >= 4 is 5.91 Å². The predicted molar refractivity (Wildman–Crippen MR) is 91.2 cm³/mol. The molecule has 1 amide bonds. The fourth-order valence-electron chi connectivity index (χ4n) is 2.82. The van der Waals surface area contributed by atoms with Gasteiger partial charge in [0, 0.05) is 18.5 Å². The molecule has 5 heteroatoms. The first-order valence-electron chi connectivity index (χ1n) is 7.96. The zero-order valence-corrected chi connectivity index (χ0v) is 13.9. The van der Waals surface area contributed by atoms with Gasteiger partial charge in [0.05, 0.1) is 20.8 Å². The molecular weight excluding hydrogens is 306 g/mol. The molecule has 5 nitrogen and oxygen atoms in total. The summed E-state index contributed by atoms with van der Waals surface area (Å²) >= 11 is 0. The van der Waals surface area contributed by atoms with Crippen molar-refractivity contribution in [3.05, 3.63) is 53.1 Å². The fraction of sp³-hybridized carbons (Fsp3) is 0.316. The van der Waals surface area contributed by atoms with Gasteiger partial charge < -0.3 is 19.5 Å². The van der Waals surface area contributed by atoms with E-state index in [2.05, 4.69) is 5.32 Å². The number of carbonyl (C=O) groups excluding carboxylic acids is 1. The van der Waals surface area contributed by atoms with Crippen LogP contribution in [0.2, 0.25) is 0 Å². The zero-order chi connectivity index (χ0) is 16.9. The van der Waals surface area contributed by atoms with Crippen LogP contribution >= 0.6 is 0 Å². The highest BCUT2D eigenvalue weighted by Gasteiger charge is 2.15. The van der Waals surface area contributed by atoms with Gasteiger partial charge in [-0.05, 0) is 53.9 Å². The standard InChI is InChI=1S/C19H21NO4/c1-22-16-4-6-17(23-2)13(12-16)7-9-20-19(21)15-3-5-18-14(11-15)8-10-24-18/h3-6,11-12H,7-10H2,1-2H3,(H,20,21). The lowest BCUT2D eigenvalue weighted by Gasteiger charge is -2.11. The summed E-state index contributed by atoms with van der Waals surface area (Å²) in [5.74, 6) is 2.37. The van der Waals surface area contributed by atoms with Crippen LogP contribution in [0.25, 0.3) is 0 Å². The largest absolute Gasteiger partial charge is 0.497 e. The Morgan fingerprint density at radius 1 is 1.17 bits per heavy atom. The summed E-state index contributed by atoms with van der Waals surface area (Å²) in [6.07, 6.45) is 1.53. The smallest absolute Gasteiger partial charge is 0.251 e. The summed E-state index contributed by atoms with van der Waals surface area (Å²) in [5.41, 5.74) is 2.76. The maximum absolute atomic E-state index is 12.3. The summed E-state index contributed by atoms with van der Waals surface area (Å²) in [7, 11) is 3.27. The Kier molecular flexibility index (Phi) is 4.89. The van der Waals surface area contributed by atoms with Crippen LogP contribution in [-0.2, 0) is 12.8 Å². The second-order valence-electron chi connectivity index (χ2n) is 5.60. The number of amides is 1. The van der Waals surface area contributed by atoms with Gasteiger partial charge in [0.25, 0.3) is 5.91 Å². The van der Waals surface area contributed by atoms with Crippen molar-refractivity contribution in [2.45, 2.75) is 12.8 Å². The van der Waals surface area contributed by atoms with Crippen LogP contribution in [0, 0.1) is 0 Å². The highest BCUT2D eigenvalue weighted by Crippen LogP contribution is 2.26. The normalized spacial score (nSPS) is 12.2. The molecule has 0 saturated carbocycles. The van der Waals surface area contributed by atoms with E-state index >= 15 is 0 Å². The molecule has 0 bridgehead atoms. The van der Waals surface area contributed by atoms with Gasteiger partial charge in [0.2, 0.25) is 0 Å². The Labute approximate surface area is 141 Å². The number of ether oxygens (including phenoxy) is 3. The van der Waals surface area contributed by atoms with E-state index in [1.54, 1.807) is 20.3 Å². The summed E-state index contributed by atoms with van der Waals surface area (Å²) in [6.45, 7) is 1.21. The summed E-state index contributed by atoms with van der Waals surface area (Å²) in [6, 6.07) is 11.2. The number of rotatable bonds is 6. The quantitative estimate of drug-likeness (QED) is 0.886. The molecule has 126 valence electrons. The van der Waals surface area contributed by atoms with Gasteiger partial charge in [-0.3, -0.25) is 4.79 Å². The Balaban J connectivity index is 1.61. The lowest BCUT2D eigenvalue weighted by Crippen LogP contribution is -2.25. The van der Waals surface area contributed by atoms with Crippen LogP contribution in [0.1, 0.15) is 21.5 Å². The average Bonchev–Trinajstić information content (AvgIpc) is 3.09. The van der Waals surface area contributed by atoms with Gasteiger partial charge in [0.15, 0.2) is 0 Å². The molecule has 0 unspecified atom stereocenters. The van der Waals surface area contributed by atoms with E-state index in [0.29, 0.717) is 25.1 Å². The molecule has 0 fully saturated rings. The number of methoxy groups -OCH3 is 2. The molecule has 2 aromatic carbocycles. The fourth-order valence-corrected chi connectivity index (χ4v) is 2.82. The topological polar surface area (TPSA) is 56.8 Å². The maximum atomic E-state index is 12.3. The molecule has 0 atom stereocenters. The average molecular weight is 327 g/mol. The summed E-state index contributed by atoms with van der Waals surface area (Å²) in [5, 5.41) is 2.95. The molecule has 0 aliphatic carbocycles. The van der Waals surface area contributed by atoms with Gasteiger partial charge in [-0.25, -0.2) is 0 Å². The Hall–Kier alpha value is -2.69. The van der Waals surface area contributed by atoms with Crippen molar-refractivity contribution < 1.29 is 19.0 Å². The van der Waals surface area contributed by atoms with Crippen molar-refractivity contribution in [1.29, 1.82) is 0 Å². The van der Waals surface area contributed by atoms with Crippen molar-refractivity contribution in [3.8, 4) is 17.2 Å².